The molecule has 0 saturated heterocycles. The molecule has 0 aliphatic heterocycles. The Hall–Kier alpha value is -1.88. The maximum Gasteiger partial charge on any atom is 0.264 e. The van der Waals surface area contributed by atoms with Crippen molar-refractivity contribution in [3.8, 4) is 5.75 Å². The number of ether oxygens (including phenoxy) is 1. The van der Waals surface area contributed by atoms with Gasteiger partial charge >= 0.3 is 0 Å². The van der Waals surface area contributed by atoms with Gasteiger partial charge in [-0.1, -0.05) is 31.1 Å². The summed E-state index contributed by atoms with van der Waals surface area (Å²) in [5.74, 6) is 2.04. The van der Waals surface area contributed by atoms with E-state index in [1.54, 1.807) is 0 Å². The van der Waals surface area contributed by atoms with Gasteiger partial charge in [-0.05, 0) is 37.0 Å². The van der Waals surface area contributed by atoms with Gasteiger partial charge in [0, 0.05) is 12.5 Å². The van der Waals surface area contributed by atoms with Crippen molar-refractivity contribution in [2.45, 2.75) is 52.2 Å². The van der Waals surface area contributed by atoms with E-state index in [2.05, 4.69) is 24.0 Å². The first-order valence-electron chi connectivity index (χ1n) is 7.50. The maximum atomic E-state index is 5.95. The fourth-order valence-corrected chi connectivity index (χ4v) is 1.99. The number of nitrogens with two attached hydrogens (primary N) is 1. The monoisotopic (exact) mass is 289 g/mol. The lowest BCUT2D eigenvalue weighted by molar-refractivity contribution is 0.242. The van der Waals surface area contributed by atoms with Crippen molar-refractivity contribution < 1.29 is 9.26 Å². The quantitative estimate of drug-likeness (QED) is 0.808. The normalized spacial score (nSPS) is 12.3. The lowest BCUT2D eigenvalue weighted by Gasteiger charge is -2.09. The third-order valence-corrected chi connectivity index (χ3v) is 3.29. The molecule has 5 heteroatoms. The van der Waals surface area contributed by atoms with Crippen molar-refractivity contribution in [2.75, 3.05) is 0 Å². The largest absolute Gasteiger partial charge is 0.484 e. The summed E-state index contributed by atoms with van der Waals surface area (Å²) in [6, 6.07) is 8.19. The number of aryl methyl sites for hydroxylation is 1. The average Bonchev–Trinajstić information content (AvgIpc) is 2.94. The second kappa shape index (κ2) is 7.78. The van der Waals surface area contributed by atoms with E-state index in [0.717, 1.165) is 37.3 Å². The number of nitrogens with zero attached hydrogens (tertiary/aromatic N) is 2. The molecule has 2 rings (SSSR count). The van der Waals surface area contributed by atoms with Gasteiger partial charge in [-0.25, -0.2) is 0 Å². The maximum absolute atomic E-state index is 5.95. The van der Waals surface area contributed by atoms with Gasteiger partial charge in [0.25, 0.3) is 5.89 Å². The lowest BCUT2D eigenvalue weighted by atomic mass is 10.0. The highest BCUT2D eigenvalue weighted by atomic mass is 16.5. The van der Waals surface area contributed by atoms with E-state index in [1.807, 2.05) is 24.3 Å². The molecule has 1 unspecified atom stereocenters. The Labute approximate surface area is 125 Å². The van der Waals surface area contributed by atoms with Crippen LogP contribution in [0.2, 0.25) is 0 Å². The van der Waals surface area contributed by atoms with Crippen molar-refractivity contribution in [3.05, 3.63) is 41.5 Å². The van der Waals surface area contributed by atoms with E-state index in [-0.39, 0.29) is 6.04 Å². The lowest BCUT2D eigenvalue weighted by Crippen LogP contribution is -2.21. The molecular formula is C16H23N3O2. The topological polar surface area (TPSA) is 74.2 Å². The molecule has 1 aromatic heterocycles. The predicted molar refractivity (Wildman–Crippen MR) is 81.0 cm³/mol. The Morgan fingerprint density at radius 3 is 2.67 bits per heavy atom. The molecule has 5 nitrogen and oxygen atoms in total. The predicted octanol–water partition coefficient (Wildman–Crippen LogP) is 2.88. The van der Waals surface area contributed by atoms with Gasteiger partial charge in [0.15, 0.2) is 12.4 Å². The van der Waals surface area contributed by atoms with Gasteiger partial charge in [0.05, 0.1) is 0 Å². The molecule has 21 heavy (non-hydrogen) atoms. The van der Waals surface area contributed by atoms with E-state index in [4.69, 9.17) is 15.0 Å². The van der Waals surface area contributed by atoms with Gasteiger partial charge < -0.3 is 15.0 Å². The van der Waals surface area contributed by atoms with Gasteiger partial charge in [0.1, 0.15) is 5.75 Å². The van der Waals surface area contributed by atoms with Crippen LogP contribution in [0.5, 0.6) is 5.75 Å². The summed E-state index contributed by atoms with van der Waals surface area (Å²) >= 11 is 0. The van der Waals surface area contributed by atoms with E-state index >= 15 is 0 Å². The third-order valence-electron chi connectivity index (χ3n) is 3.29. The molecule has 0 spiro atoms. The van der Waals surface area contributed by atoms with Crippen LogP contribution >= 0.6 is 0 Å². The van der Waals surface area contributed by atoms with Crippen molar-refractivity contribution in [1.82, 2.24) is 10.1 Å². The summed E-state index contributed by atoms with van der Waals surface area (Å²) in [6.07, 6.45) is 3.70. The van der Waals surface area contributed by atoms with Crippen LogP contribution in [0.3, 0.4) is 0 Å². The zero-order valence-electron chi connectivity index (χ0n) is 12.7. The molecule has 1 atom stereocenters. The Kier molecular flexibility index (Phi) is 5.75. The van der Waals surface area contributed by atoms with Crippen LogP contribution in [0.15, 0.2) is 28.8 Å². The fourth-order valence-electron chi connectivity index (χ4n) is 1.99. The van der Waals surface area contributed by atoms with Crippen LogP contribution in [0, 0.1) is 0 Å². The van der Waals surface area contributed by atoms with Crippen LogP contribution in [0.4, 0.5) is 0 Å². The summed E-state index contributed by atoms with van der Waals surface area (Å²) < 4.78 is 10.8. The van der Waals surface area contributed by atoms with Crippen molar-refractivity contribution in [1.29, 1.82) is 0 Å². The number of benzene rings is 1. The first-order valence-corrected chi connectivity index (χ1v) is 7.50. The smallest absolute Gasteiger partial charge is 0.264 e. The Morgan fingerprint density at radius 2 is 2.00 bits per heavy atom. The van der Waals surface area contributed by atoms with Crippen molar-refractivity contribution in [2.24, 2.45) is 5.73 Å². The highest BCUT2D eigenvalue weighted by Crippen LogP contribution is 2.15. The zero-order valence-corrected chi connectivity index (χ0v) is 12.7. The SMILES string of the molecule is CCCc1noc(COc2ccc(CC(N)CC)cc2)n1. The molecule has 0 bridgehead atoms. The Bertz CT molecular complexity index is 537. The van der Waals surface area contributed by atoms with E-state index in [0.29, 0.717) is 12.5 Å². The molecule has 0 aliphatic carbocycles. The minimum atomic E-state index is 0.215. The zero-order chi connectivity index (χ0) is 15.1. The molecular weight excluding hydrogens is 266 g/mol. The standard InChI is InChI=1S/C16H23N3O2/c1-3-5-15-18-16(21-19-15)11-20-14-8-6-12(7-9-14)10-13(17)4-2/h6-9,13H,3-5,10-11,17H2,1-2H3. The first kappa shape index (κ1) is 15.5. The second-order valence-electron chi connectivity index (χ2n) is 5.16. The molecule has 2 N–H and O–H groups in total. The first-order chi connectivity index (χ1) is 10.2. The Balaban J connectivity index is 1.85. The number of aromatic nitrogens is 2. The van der Waals surface area contributed by atoms with Crippen LogP contribution in [0.1, 0.15) is 44.0 Å². The van der Waals surface area contributed by atoms with Gasteiger partial charge in [-0.15, -0.1) is 0 Å². The summed E-state index contributed by atoms with van der Waals surface area (Å²) in [6.45, 7) is 4.47. The fraction of sp³-hybridized carbons (Fsp3) is 0.500. The molecule has 0 aliphatic rings. The van der Waals surface area contributed by atoms with E-state index in [9.17, 15) is 0 Å². The third kappa shape index (κ3) is 4.86. The van der Waals surface area contributed by atoms with Gasteiger partial charge in [0.2, 0.25) is 0 Å². The summed E-state index contributed by atoms with van der Waals surface area (Å²) in [4.78, 5) is 4.26. The molecule has 1 aromatic carbocycles. The van der Waals surface area contributed by atoms with E-state index in [1.165, 1.54) is 5.56 Å². The molecule has 0 saturated carbocycles. The second-order valence-corrected chi connectivity index (χ2v) is 5.16. The number of rotatable bonds is 8. The molecule has 114 valence electrons. The Morgan fingerprint density at radius 1 is 1.24 bits per heavy atom. The summed E-state index contributed by atoms with van der Waals surface area (Å²) in [7, 11) is 0. The number of hydrogen-bond donors (Lipinski definition) is 1. The highest BCUT2D eigenvalue weighted by Gasteiger charge is 2.06. The van der Waals surface area contributed by atoms with Gasteiger partial charge in [-0.2, -0.15) is 4.98 Å². The molecule has 2 aromatic rings. The summed E-state index contributed by atoms with van der Waals surface area (Å²) in [5.41, 5.74) is 7.17. The van der Waals surface area contributed by atoms with Crippen LogP contribution < -0.4 is 10.5 Å². The summed E-state index contributed by atoms with van der Waals surface area (Å²) in [5, 5.41) is 3.89. The molecule has 0 radical (unpaired) electrons. The molecule has 0 amide bonds. The van der Waals surface area contributed by atoms with Crippen LogP contribution in [-0.2, 0) is 19.4 Å². The highest BCUT2D eigenvalue weighted by molar-refractivity contribution is 5.27. The molecule has 0 fully saturated rings. The minimum absolute atomic E-state index is 0.215. The van der Waals surface area contributed by atoms with Gasteiger partial charge in [-0.3, -0.25) is 0 Å². The van der Waals surface area contributed by atoms with Crippen LogP contribution in [-0.4, -0.2) is 16.2 Å². The van der Waals surface area contributed by atoms with Crippen LogP contribution in [0.25, 0.3) is 0 Å². The average molecular weight is 289 g/mol. The van der Waals surface area contributed by atoms with Crippen molar-refractivity contribution in [3.63, 3.8) is 0 Å². The number of hydrogen-bond acceptors (Lipinski definition) is 5. The van der Waals surface area contributed by atoms with Crippen molar-refractivity contribution >= 4 is 0 Å². The molecule has 1 heterocycles. The van der Waals surface area contributed by atoms with E-state index < -0.39 is 0 Å². The minimum Gasteiger partial charge on any atom is -0.484 e.